The maximum atomic E-state index is 12.6. The molecular weight excluding hydrogens is 324 g/mol. The van der Waals surface area contributed by atoms with Crippen LogP contribution in [-0.4, -0.2) is 41.5 Å². The number of thioether (sulfide) groups is 1. The minimum atomic E-state index is -0.468. The lowest BCUT2D eigenvalue weighted by Gasteiger charge is -2.23. The van der Waals surface area contributed by atoms with Gasteiger partial charge in [0.25, 0.3) is 5.91 Å². The monoisotopic (exact) mass is 342 g/mol. The van der Waals surface area contributed by atoms with Crippen molar-refractivity contribution in [3.05, 3.63) is 60.2 Å². The van der Waals surface area contributed by atoms with E-state index in [0.29, 0.717) is 22.9 Å². The van der Waals surface area contributed by atoms with Crippen LogP contribution in [0.25, 0.3) is 0 Å². The van der Waals surface area contributed by atoms with Gasteiger partial charge < -0.3 is 15.0 Å². The van der Waals surface area contributed by atoms with Crippen LogP contribution in [0.15, 0.2) is 54.6 Å². The predicted molar refractivity (Wildman–Crippen MR) is 95.3 cm³/mol. The van der Waals surface area contributed by atoms with Crippen LogP contribution in [0.5, 0.6) is 5.75 Å². The maximum absolute atomic E-state index is 12.6. The molecule has 6 heteroatoms. The lowest BCUT2D eigenvalue weighted by atomic mass is 10.1. The molecule has 1 aliphatic heterocycles. The van der Waals surface area contributed by atoms with Crippen LogP contribution in [0.4, 0.5) is 5.69 Å². The van der Waals surface area contributed by atoms with Gasteiger partial charge in [0.2, 0.25) is 5.91 Å². The molecule has 0 saturated carbocycles. The number of carbonyl (C=O) groups is 2. The molecule has 5 nitrogen and oxygen atoms in total. The molecule has 0 aliphatic carbocycles. The average Bonchev–Trinajstić information content (AvgIpc) is 3.12. The summed E-state index contributed by atoms with van der Waals surface area (Å²) in [5.74, 6) is 1.56. The Hall–Kier alpha value is -2.47. The smallest absolute Gasteiger partial charge is 0.255 e. The van der Waals surface area contributed by atoms with Gasteiger partial charge >= 0.3 is 0 Å². The van der Waals surface area contributed by atoms with Crippen molar-refractivity contribution in [2.45, 2.75) is 6.04 Å². The molecule has 2 aromatic rings. The number of rotatable bonds is 4. The topological polar surface area (TPSA) is 58.6 Å². The molecule has 1 aliphatic rings. The van der Waals surface area contributed by atoms with E-state index in [-0.39, 0.29) is 11.8 Å². The number of amides is 2. The Labute approximate surface area is 145 Å². The first kappa shape index (κ1) is 16.4. The molecule has 1 fully saturated rings. The van der Waals surface area contributed by atoms with Gasteiger partial charge in [0.15, 0.2) is 0 Å². The van der Waals surface area contributed by atoms with Crippen LogP contribution in [0.1, 0.15) is 10.4 Å². The fourth-order valence-electron chi connectivity index (χ4n) is 2.51. The molecule has 0 radical (unpaired) electrons. The van der Waals surface area contributed by atoms with Gasteiger partial charge in [0.1, 0.15) is 11.8 Å². The van der Waals surface area contributed by atoms with E-state index in [0.717, 1.165) is 5.75 Å². The van der Waals surface area contributed by atoms with Crippen LogP contribution in [0.2, 0.25) is 0 Å². The quantitative estimate of drug-likeness (QED) is 0.928. The zero-order chi connectivity index (χ0) is 16.9. The molecule has 0 spiro atoms. The molecule has 3 rings (SSSR count). The number of hydrogen-bond acceptors (Lipinski definition) is 4. The molecule has 1 saturated heterocycles. The first-order valence-corrected chi connectivity index (χ1v) is 8.73. The van der Waals surface area contributed by atoms with Gasteiger partial charge in [-0.05, 0) is 36.4 Å². The highest BCUT2D eigenvalue weighted by atomic mass is 32.2. The van der Waals surface area contributed by atoms with Crippen molar-refractivity contribution in [2.75, 3.05) is 24.1 Å². The van der Waals surface area contributed by atoms with E-state index in [2.05, 4.69) is 5.32 Å². The largest absolute Gasteiger partial charge is 0.497 e. The lowest BCUT2D eigenvalue weighted by Crippen LogP contribution is -2.44. The Kier molecular flexibility index (Phi) is 5.05. The third-order valence-electron chi connectivity index (χ3n) is 3.82. The fraction of sp³-hybridized carbons (Fsp3) is 0.222. The summed E-state index contributed by atoms with van der Waals surface area (Å²) in [4.78, 5) is 26.8. The van der Waals surface area contributed by atoms with Gasteiger partial charge in [-0.3, -0.25) is 9.59 Å². The Balaban J connectivity index is 1.70. The Bertz CT molecular complexity index is 719. The number of nitrogens with one attached hydrogen (secondary N) is 1. The number of hydrogen-bond donors (Lipinski definition) is 1. The highest BCUT2D eigenvalue weighted by Crippen LogP contribution is 2.24. The zero-order valence-electron chi connectivity index (χ0n) is 13.3. The molecule has 2 aromatic carbocycles. The van der Waals surface area contributed by atoms with Crippen molar-refractivity contribution in [3.8, 4) is 5.75 Å². The zero-order valence-corrected chi connectivity index (χ0v) is 14.1. The molecule has 0 aromatic heterocycles. The third kappa shape index (κ3) is 3.54. The molecular formula is C18H18N2O3S. The van der Waals surface area contributed by atoms with Gasteiger partial charge in [-0.2, -0.15) is 0 Å². The van der Waals surface area contributed by atoms with Crippen molar-refractivity contribution >= 4 is 29.3 Å². The Morgan fingerprint density at radius 1 is 1.12 bits per heavy atom. The second-order valence-corrected chi connectivity index (χ2v) is 6.37. The van der Waals surface area contributed by atoms with E-state index in [1.807, 2.05) is 18.2 Å². The summed E-state index contributed by atoms with van der Waals surface area (Å²) in [5, 5.41) is 2.87. The highest BCUT2D eigenvalue weighted by molar-refractivity contribution is 7.99. The van der Waals surface area contributed by atoms with Gasteiger partial charge in [-0.1, -0.05) is 18.2 Å². The third-order valence-corrected chi connectivity index (χ3v) is 4.84. The second kappa shape index (κ2) is 7.40. The fourth-order valence-corrected chi connectivity index (χ4v) is 3.66. The van der Waals surface area contributed by atoms with E-state index in [9.17, 15) is 9.59 Å². The summed E-state index contributed by atoms with van der Waals surface area (Å²) >= 11 is 1.58. The van der Waals surface area contributed by atoms with E-state index in [4.69, 9.17) is 4.74 Å². The maximum Gasteiger partial charge on any atom is 0.255 e. The minimum Gasteiger partial charge on any atom is -0.497 e. The lowest BCUT2D eigenvalue weighted by molar-refractivity contribution is -0.119. The SMILES string of the molecule is COc1ccc(NC(=O)C2CSCN2C(=O)c2ccccc2)cc1. The highest BCUT2D eigenvalue weighted by Gasteiger charge is 2.35. The summed E-state index contributed by atoms with van der Waals surface area (Å²) in [7, 11) is 1.59. The number of nitrogens with zero attached hydrogens (tertiary/aromatic N) is 1. The number of benzene rings is 2. The molecule has 2 amide bonds. The van der Waals surface area contributed by atoms with Crippen molar-refractivity contribution in [2.24, 2.45) is 0 Å². The Morgan fingerprint density at radius 2 is 1.83 bits per heavy atom. The van der Waals surface area contributed by atoms with Crippen LogP contribution in [-0.2, 0) is 4.79 Å². The van der Waals surface area contributed by atoms with E-state index in [1.165, 1.54) is 0 Å². The van der Waals surface area contributed by atoms with Crippen molar-refractivity contribution in [1.82, 2.24) is 4.90 Å². The normalized spacial score (nSPS) is 16.7. The second-order valence-electron chi connectivity index (χ2n) is 5.37. The minimum absolute atomic E-state index is 0.115. The molecule has 1 unspecified atom stereocenters. The number of ether oxygens (including phenoxy) is 1. The first-order chi connectivity index (χ1) is 11.7. The van der Waals surface area contributed by atoms with Crippen molar-refractivity contribution < 1.29 is 14.3 Å². The van der Waals surface area contributed by atoms with Gasteiger partial charge in [-0.25, -0.2) is 0 Å². The van der Waals surface area contributed by atoms with Crippen molar-refractivity contribution in [3.63, 3.8) is 0 Å². The van der Waals surface area contributed by atoms with E-state index in [1.54, 1.807) is 60.2 Å². The predicted octanol–water partition coefficient (Wildman–Crippen LogP) is 2.85. The average molecular weight is 342 g/mol. The number of carbonyl (C=O) groups excluding carboxylic acids is 2. The van der Waals surface area contributed by atoms with Crippen molar-refractivity contribution in [1.29, 1.82) is 0 Å². The van der Waals surface area contributed by atoms with E-state index >= 15 is 0 Å². The molecule has 0 bridgehead atoms. The van der Waals surface area contributed by atoms with Gasteiger partial charge in [0.05, 0.1) is 13.0 Å². The summed E-state index contributed by atoms with van der Waals surface area (Å²) in [6, 6.07) is 15.7. The van der Waals surface area contributed by atoms with Gasteiger partial charge in [0, 0.05) is 17.0 Å². The Morgan fingerprint density at radius 3 is 2.50 bits per heavy atom. The summed E-state index contributed by atoms with van der Waals surface area (Å²) in [6.45, 7) is 0. The number of methoxy groups -OCH3 is 1. The van der Waals surface area contributed by atoms with Crippen LogP contribution in [0, 0.1) is 0 Å². The standard InChI is InChI=1S/C18H18N2O3S/c1-23-15-9-7-14(8-10-15)19-17(21)16-11-24-12-20(16)18(22)13-5-3-2-4-6-13/h2-10,16H,11-12H2,1H3,(H,19,21). The summed E-state index contributed by atoms with van der Waals surface area (Å²) in [5.41, 5.74) is 1.28. The molecule has 1 atom stereocenters. The van der Waals surface area contributed by atoms with Gasteiger partial charge in [-0.15, -0.1) is 11.8 Å². The summed E-state index contributed by atoms with van der Waals surface area (Å²) in [6.07, 6.45) is 0. The molecule has 1 N–H and O–H groups in total. The van der Waals surface area contributed by atoms with E-state index < -0.39 is 6.04 Å². The molecule has 24 heavy (non-hydrogen) atoms. The summed E-state index contributed by atoms with van der Waals surface area (Å²) < 4.78 is 5.10. The molecule has 1 heterocycles. The number of anilines is 1. The first-order valence-electron chi connectivity index (χ1n) is 7.57. The van der Waals surface area contributed by atoms with Crippen LogP contribution in [0.3, 0.4) is 0 Å². The van der Waals surface area contributed by atoms with Crippen LogP contribution < -0.4 is 10.1 Å². The van der Waals surface area contributed by atoms with Crippen LogP contribution >= 0.6 is 11.8 Å². The molecule has 124 valence electrons.